The third kappa shape index (κ3) is 3.87. The molecular weight excluding hydrogens is 699 g/mol. The van der Waals surface area contributed by atoms with Gasteiger partial charge in [0.05, 0.1) is 5.69 Å². The second kappa shape index (κ2) is 10.8. The molecule has 0 radical (unpaired) electrons. The van der Waals surface area contributed by atoms with Gasteiger partial charge in [-0.15, -0.1) is 0 Å². The summed E-state index contributed by atoms with van der Waals surface area (Å²) >= 11 is 0. The van der Waals surface area contributed by atoms with Crippen molar-refractivity contribution in [3.8, 4) is 33.4 Å². The minimum atomic E-state index is -0.0852. The third-order valence-corrected chi connectivity index (χ3v) is 18.0. The molecule has 6 atom stereocenters. The zero-order valence-corrected chi connectivity index (χ0v) is 35.1. The van der Waals surface area contributed by atoms with Crippen molar-refractivity contribution in [1.82, 2.24) is 0 Å². The van der Waals surface area contributed by atoms with Crippen molar-refractivity contribution in [2.24, 2.45) is 29.1 Å². The van der Waals surface area contributed by atoms with Crippen LogP contribution in [0.5, 0.6) is 0 Å². The van der Waals surface area contributed by atoms with Crippen LogP contribution in [0.4, 0.5) is 17.1 Å². The van der Waals surface area contributed by atoms with E-state index in [0.717, 1.165) is 23.7 Å². The van der Waals surface area contributed by atoms with Gasteiger partial charge in [0.25, 0.3) is 0 Å². The van der Waals surface area contributed by atoms with Gasteiger partial charge >= 0.3 is 0 Å². The summed E-state index contributed by atoms with van der Waals surface area (Å²) < 4.78 is 0. The summed E-state index contributed by atoms with van der Waals surface area (Å²) in [5.74, 6) is 3.34. The number of benzene rings is 6. The first-order valence-electron chi connectivity index (χ1n) is 22.5. The minimum absolute atomic E-state index is 0.0773. The Bertz CT molecular complexity index is 2760. The van der Waals surface area contributed by atoms with E-state index in [1.165, 1.54) is 111 Å². The Morgan fingerprint density at radius 2 is 1.14 bits per heavy atom. The normalized spacial score (nSPS) is 29.7. The van der Waals surface area contributed by atoms with Crippen LogP contribution in [0.2, 0.25) is 0 Å². The lowest BCUT2D eigenvalue weighted by atomic mass is 9.26. The van der Waals surface area contributed by atoms with Gasteiger partial charge in [-0.25, -0.2) is 0 Å². The maximum Gasteiger partial charge on any atom is 0.0543 e. The molecule has 58 heavy (non-hydrogen) atoms. The second-order valence-electron chi connectivity index (χ2n) is 21.6. The highest BCUT2D eigenvalue weighted by molar-refractivity contribution is 5.99. The monoisotopic (exact) mass is 753 g/mol. The van der Waals surface area contributed by atoms with E-state index in [4.69, 9.17) is 0 Å². The van der Waals surface area contributed by atoms with Crippen molar-refractivity contribution in [3.63, 3.8) is 0 Å². The molecule has 6 aromatic carbocycles. The Morgan fingerprint density at radius 3 is 1.95 bits per heavy atom. The minimum Gasteiger partial charge on any atom is -0.310 e. The summed E-state index contributed by atoms with van der Waals surface area (Å²) in [4.78, 5) is 2.69. The first-order valence-corrected chi connectivity index (χ1v) is 22.5. The molecule has 0 amide bonds. The SMILES string of the molecule is CC1(C)CCC(C)(C)c2cc(N(c3ccc4c(c3)C(C)(C)c3ccccc3-4)c3cccc4c3-c3cccc(-c5ccccc5)c3C43C4CC5CC6CC3C64C5)ccc21. The fourth-order valence-corrected chi connectivity index (χ4v) is 15.5. The van der Waals surface area contributed by atoms with Crippen LogP contribution in [0.3, 0.4) is 0 Å². The maximum absolute atomic E-state index is 2.69. The van der Waals surface area contributed by atoms with Crippen LogP contribution < -0.4 is 4.90 Å². The van der Waals surface area contributed by atoms with Crippen molar-refractivity contribution in [1.29, 1.82) is 0 Å². The summed E-state index contributed by atoms with van der Waals surface area (Å²) in [5.41, 5.74) is 22.4. The van der Waals surface area contributed by atoms with Crippen LogP contribution in [0.15, 0.2) is 127 Å². The van der Waals surface area contributed by atoms with Gasteiger partial charge in [-0.3, -0.25) is 0 Å². The van der Waals surface area contributed by atoms with E-state index in [0.29, 0.717) is 5.41 Å². The summed E-state index contributed by atoms with van der Waals surface area (Å²) in [6.45, 7) is 14.7. The molecule has 6 aromatic rings. The number of rotatable bonds is 4. The predicted molar refractivity (Wildman–Crippen MR) is 240 cm³/mol. The van der Waals surface area contributed by atoms with E-state index >= 15 is 0 Å². The van der Waals surface area contributed by atoms with E-state index < -0.39 is 0 Å². The molecule has 288 valence electrons. The molecule has 0 aromatic heterocycles. The molecular formula is C57H55N. The average Bonchev–Trinajstić information content (AvgIpc) is 3.92. The van der Waals surface area contributed by atoms with Crippen LogP contribution in [0.25, 0.3) is 33.4 Å². The second-order valence-corrected chi connectivity index (χ2v) is 21.6. The third-order valence-electron chi connectivity index (χ3n) is 18.0. The van der Waals surface area contributed by atoms with Gasteiger partial charge < -0.3 is 4.90 Å². The number of fused-ring (bicyclic) bond motifs is 12. The molecule has 6 unspecified atom stereocenters. The Kier molecular flexibility index (Phi) is 6.36. The number of nitrogens with zero attached hydrogens (tertiary/aromatic N) is 1. The quantitative estimate of drug-likeness (QED) is 0.173. The fraction of sp³-hybridized carbons (Fsp3) is 0.368. The summed E-state index contributed by atoms with van der Waals surface area (Å²) in [7, 11) is 0. The Hall–Kier alpha value is -4.88. The number of anilines is 3. The first-order chi connectivity index (χ1) is 28.0. The van der Waals surface area contributed by atoms with E-state index in [1.54, 1.807) is 11.1 Å². The highest BCUT2D eigenvalue weighted by Crippen LogP contribution is 2.90. The van der Waals surface area contributed by atoms with Crippen molar-refractivity contribution in [2.75, 3.05) is 4.90 Å². The Labute approximate surface area is 345 Å². The lowest BCUT2D eigenvalue weighted by molar-refractivity contribution is -0.231. The Morgan fingerprint density at radius 1 is 0.500 bits per heavy atom. The van der Waals surface area contributed by atoms with Gasteiger partial charge in [-0.1, -0.05) is 139 Å². The van der Waals surface area contributed by atoms with Crippen molar-refractivity contribution < 1.29 is 0 Å². The molecule has 13 rings (SSSR count). The van der Waals surface area contributed by atoms with Gasteiger partial charge in [0, 0.05) is 27.8 Å². The van der Waals surface area contributed by atoms with Crippen molar-refractivity contribution in [3.05, 3.63) is 161 Å². The summed E-state index contributed by atoms with van der Waals surface area (Å²) in [6, 6.07) is 50.3. The van der Waals surface area contributed by atoms with Gasteiger partial charge in [0.2, 0.25) is 0 Å². The molecule has 4 fully saturated rings. The molecule has 2 bridgehead atoms. The topological polar surface area (TPSA) is 3.24 Å². The van der Waals surface area contributed by atoms with Gasteiger partial charge in [-0.2, -0.15) is 0 Å². The van der Waals surface area contributed by atoms with Crippen LogP contribution in [-0.2, 0) is 21.7 Å². The van der Waals surface area contributed by atoms with Crippen molar-refractivity contribution >= 4 is 17.1 Å². The molecule has 1 heteroatoms. The van der Waals surface area contributed by atoms with Crippen LogP contribution in [0.1, 0.15) is 113 Å². The van der Waals surface area contributed by atoms with Gasteiger partial charge in [0.15, 0.2) is 0 Å². The molecule has 0 saturated heterocycles. The number of hydrogen-bond donors (Lipinski definition) is 0. The lowest BCUT2D eigenvalue weighted by Crippen LogP contribution is -2.73. The zero-order chi connectivity index (χ0) is 39.1. The smallest absolute Gasteiger partial charge is 0.0543 e. The average molecular weight is 754 g/mol. The van der Waals surface area contributed by atoms with Gasteiger partial charge in [0.1, 0.15) is 0 Å². The van der Waals surface area contributed by atoms with Crippen molar-refractivity contribution in [2.45, 2.75) is 102 Å². The highest BCUT2D eigenvalue weighted by atomic mass is 15.1. The van der Waals surface area contributed by atoms with E-state index in [1.807, 2.05) is 0 Å². The predicted octanol–water partition coefficient (Wildman–Crippen LogP) is 14.8. The molecule has 2 spiro atoms. The van der Waals surface area contributed by atoms with Gasteiger partial charge in [-0.05, 0) is 170 Å². The number of hydrogen-bond acceptors (Lipinski definition) is 1. The molecule has 4 saturated carbocycles. The van der Waals surface area contributed by atoms with E-state index in [-0.39, 0.29) is 21.7 Å². The first kappa shape index (κ1) is 34.0. The van der Waals surface area contributed by atoms with E-state index in [9.17, 15) is 0 Å². The van der Waals surface area contributed by atoms with Crippen LogP contribution in [0, 0.1) is 29.1 Å². The van der Waals surface area contributed by atoms with E-state index in [2.05, 4.69) is 174 Å². The molecule has 7 aliphatic rings. The standard InChI is InChI=1S/C57H55N/c1-53(2)26-27-54(3,4)47-32-38(23-25-44(47)53)58(37-22-24-41-40-16-10-11-19-43(40)55(5,6)46(41)31-37)48-21-13-20-45-51(48)42-18-12-17-39(35-14-8-7-9-15-35)52(42)57(45)49-29-34-28-36-30-50(57)56(36,49)33-34/h7-25,31-32,34,36,49-50H,26-30,33H2,1-6H3. The van der Waals surface area contributed by atoms with Crippen LogP contribution in [-0.4, -0.2) is 0 Å². The maximum atomic E-state index is 2.69. The largest absolute Gasteiger partial charge is 0.310 e. The lowest BCUT2D eigenvalue weighted by Gasteiger charge is -2.76. The molecule has 0 aliphatic heterocycles. The Balaban J connectivity index is 1.09. The molecule has 1 nitrogen and oxygen atoms in total. The molecule has 0 heterocycles. The summed E-state index contributed by atoms with van der Waals surface area (Å²) in [6.07, 6.45) is 8.19. The fourth-order valence-electron chi connectivity index (χ4n) is 15.5. The highest BCUT2D eigenvalue weighted by Gasteiger charge is 2.85. The van der Waals surface area contributed by atoms with Crippen LogP contribution >= 0.6 is 0 Å². The molecule has 0 N–H and O–H groups in total. The summed E-state index contributed by atoms with van der Waals surface area (Å²) in [5, 5.41) is 0. The zero-order valence-electron chi connectivity index (χ0n) is 35.1. The molecule has 7 aliphatic carbocycles.